The molecule has 0 bridgehead atoms. The summed E-state index contributed by atoms with van der Waals surface area (Å²) in [7, 11) is -1.81. The van der Waals surface area contributed by atoms with Crippen LogP contribution in [0.2, 0.25) is 0 Å². The van der Waals surface area contributed by atoms with E-state index in [1.54, 1.807) is 31.4 Å². The third-order valence-electron chi connectivity index (χ3n) is 3.13. The first-order valence-electron chi connectivity index (χ1n) is 7.07. The fourth-order valence-corrected chi connectivity index (χ4v) is 3.71. The van der Waals surface area contributed by atoms with Gasteiger partial charge in [0.05, 0.1) is 23.6 Å². The molecule has 1 aromatic carbocycles. The summed E-state index contributed by atoms with van der Waals surface area (Å²) in [5, 5.41) is 0.930. The number of methoxy groups -OCH3 is 1. The van der Waals surface area contributed by atoms with Crippen molar-refractivity contribution in [1.29, 1.82) is 0 Å². The van der Waals surface area contributed by atoms with Crippen LogP contribution in [0.5, 0.6) is 11.5 Å². The van der Waals surface area contributed by atoms with E-state index in [1.807, 2.05) is 13.8 Å². The van der Waals surface area contributed by atoms with Gasteiger partial charge >= 0.3 is 0 Å². The van der Waals surface area contributed by atoms with Crippen molar-refractivity contribution in [1.82, 2.24) is 9.71 Å². The van der Waals surface area contributed by atoms with Gasteiger partial charge in [0, 0.05) is 11.4 Å². The highest BCUT2D eigenvalue weighted by atomic mass is 32.2. The van der Waals surface area contributed by atoms with Gasteiger partial charge in [-0.2, -0.15) is 0 Å². The number of nitrogens with one attached hydrogen (secondary N) is 1. The Kier molecular flexibility index (Phi) is 5.97. The first-order chi connectivity index (χ1) is 10.9. The molecule has 0 fully saturated rings. The molecule has 0 radical (unpaired) electrons. The standard InChI is InChI=1S/C15H20N2O4S2/c1-11-15(22-12(2)17-11)10-16-23(18,19)9-8-21-14-6-4-13(20-3)5-7-14/h4-7,16H,8-10H2,1-3H3. The molecular weight excluding hydrogens is 336 g/mol. The number of ether oxygens (including phenoxy) is 2. The monoisotopic (exact) mass is 356 g/mol. The molecule has 2 aromatic rings. The van der Waals surface area contributed by atoms with E-state index in [0.717, 1.165) is 21.3 Å². The zero-order valence-corrected chi connectivity index (χ0v) is 15.0. The molecule has 1 N–H and O–H groups in total. The van der Waals surface area contributed by atoms with Crippen LogP contribution in [0.15, 0.2) is 24.3 Å². The van der Waals surface area contributed by atoms with Crippen LogP contribution in [0, 0.1) is 13.8 Å². The fraction of sp³-hybridized carbons (Fsp3) is 0.400. The Labute approximate surface area is 140 Å². The Bertz CT molecular complexity index is 739. The molecule has 2 rings (SSSR count). The van der Waals surface area contributed by atoms with E-state index >= 15 is 0 Å². The SMILES string of the molecule is COc1ccc(OCCS(=O)(=O)NCc2sc(C)nc2C)cc1. The predicted molar refractivity (Wildman–Crippen MR) is 90.7 cm³/mol. The number of aryl methyl sites for hydroxylation is 2. The van der Waals surface area contributed by atoms with Crippen LogP contribution in [-0.4, -0.2) is 32.9 Å². The maximum absolute atomic E-state index is 12.0. The summed E-state index contributed by atoms with van der Waals surface area (Å²) >= 11 is 1.50. The predicted octanol–water partition coefficient (Wildman–Crippen LogP) is 2.27. The molecule has 0 saturated heterocycles. The van der Waals surface area contributed by atoms with Gasteiger partial charge in [-0.3, -0.25) is 0 Å². The van der Waals surface area contributed by atoms with Crippen molar-refractivity contribution in [2.75, 3.05) is 19.5 Å². The van der Waals surface area contributed by atoms with Gasteiger partial charge in [0.2, 0.25) is 10.0 Å². The number of aromatic nitrogens is 1. The number of thiazole rings is 1. The molecule has 6 nitrogen and oxygen atoms in total. The zero-order valence-electron chi connectivity index (χ0n) is 13.3. The molecule has 126 valence electrons. The third-order valence-corrected chi connectivity index (χ3v) is 5.49. The molecule has 23 heavy (non-hydrogen) atoms. The molecule has 0 amide bonds. The van der Waals surface area contributed by atoms with Gasteiger partial charge in [0.15, 0.2) is 0 Å². The van der Waals surface area contributed by atoms with E-state index in [2.05, 4.69) is 9.71 Å². The number of benzene rings is 1. The van der Waals surface area contributed by atoms with Crippen molar-refractivity contribution in [3.05, 3.63) is 39.8 Å². The van der Waals surface area contributed by atoms with Gasteiger partial charge in [-0.05, 0) is 38.1 Å². The van der Waals surface area contributed by atoms with Crippen LogP contribution in [0.4, 0.5) is 0 Å². The lowest BCUT2D eigenvalue weighted by Crippen LogP contribution is -2.28. The molecule has 0 atom stereocenters. The molecule has 0 aliphatic carbocycles. The summed E-state index contributed by atoms with van der Waals surface area (Å²) in [6.45, 7) is 4.13. The first-order valence-corrected chi connectivity index (χ1v) is 9.53. The second kappa shape index (κ2) is 7.76. The summed E-state index contributed by atoms with van der Waals surface area (Å²) in [5.74, 6) is 1.23. The van der Waals surface area contributed by atoms with Crippen molar-refractivity contribution < 1.29 is 17.9 Å². The van der Waals surface area contributed by atoms with Crippen LogP contribution >= 0.6 is 11.3 Å². The van der Waals surface area contributed by atoms with Gasteiger partial charge < -0.3 is 9.47 Å². The van der Waals surface area contributed by atoms with Gasteiger partial charge in [0.1, 0.15) is 18.1 Å². The fourth-order valence-electron chi connectivity index (χ4n) is 1.93. The van der Waals surface area contributed by atoms with Crippen molar-refractivity contribution in [3.8, 4) is 11.5 Å². The lowest BCUT2D eigenvalue weighted by molar-refractivity contribution is 0.339. The Balaban J connectivity index is 1.80. The lowest BCUT2D eigenvalue weighted by atomic mass is 10.3. The molecule has 0 saturated carbocycles. The Hall–Kier alpha value is -1.64. The second-order valence-electron chi connectivity index (χ2n) is 4.91. The maximum atomic E-state index is 12.0. The van der Waals surface area contributed by atoms with Crippen molar-refractivity contribution >= 4 is 21.4 Å². The maximum Gasteiger partial charge on any atom is 0.215 e. The third kappa shape index (κ3) is 5.49. The summed E-state index contributed by atoms with van der Waals surface area (Å²) < 4.78 is 37.0. The van der Waals surface area contributed by atoms with E-state index in [0.29, 0.717) is 5.75 Å². The first kappa shape index (κ1) is 17.7. The van der Waals surface area contributed by atoms with Crippen molar-refractivity contribution in [2.45, 2.75) is 20.4 Å². The molecule has 1 aromatic heterocycles. The molecule has 8 heteroatoms. The number of sulfonamides is 1. The van der Waals surface area contributed by atoms with E-state index in [-0.39, 0.29) is 18.9 Å². The Morgan fingerprint density at radius 3 is 2.39 bits per heavy atom. The highest BCUT2D eigenvalue weighted by Crippen LogP contribution is 2.18. The van der Waals surface area contributed by atoms with Gasteiger partial charge in [-0.25, -0.2) is 18.1 Å². The van der Waals surface area contributed by atoms with Crippen LogP contribution in [0.25, 0.3) is 0 Å². The average molecular weight is 356 g/mol. The number of rotatable bonds is 8. The molecule has 0 spiro atoms. The lowest BCUT2D eigenvalue weighted by Gasteiger charge is -2.08. The highest BCUT2D eigenvalue weighted by molar-refractivity contribution is 7.89. The minimum atomic E-state index is -3.39. The van der Waals surface area contributed by atoms with Crippen molar-refractivity contribution in [2.24, 2.45) is 0 Å². The molecule has 1 heterocycles. The molecule has 0 aliphatic heterocycles. The molecular formula is C15H20N2O4S2. The molecule has 0 unspecified atom stereocenters. The van der Waals surface area contributed by atoms with Crippen LogP contribution in [0.3, 0.4) is 0 Å². The number of nitrogens with zero attached hydrogens (tertiary/aromatic N) is 1. The average Bonchev–Trinajstić information content (AvgIpc) is 2.84. The zero-order chi connectivity index (χ0) is 16.9. The minimum absolute atomic E-state index is 0.0857. The van der Waals surface area contributed by atoms with Gasteiger partial charge in [-0.1, -0.05) is 0 Å². The van der Waals surface area contributed by atoms with Crippen LogP contribution < -0.4 is 14.2 Å². The molecule has 0 aliphatic rings. The van der Waals surface area contributed by atoms with Gasteiger partial charge in [0.25, 0.3) is 0 Å². The topological polar surface area (TPSA) is 77.5 Å². The Morgan fingerprint density at radius 1 is 1.17 bits per heavy atom. The van der Waals surface area contributed by atoms with Crippen LogP contribution in [0.1, 0.15) is 15.6 Å². The summed E-state index contributed by atoms with van der Waals surface area (Å²) in [4.78, 5) is 5.21. The highest BCUT2D eigenvalue weighted by Gasteiger charge is 2.13. The summed E-state index contributed by atoms with van der Waals surface area (Å²) in [6, 6.07) is 7.00. The summed E-state index contributed by atoms with van der Waals surface area (Å²) in [5.41, 5.74) is 0.865. The smallest absolute Gasteiger partial charge is 0.215 e. The van der Waals surface area contributed by atoms with Crippen molar-refractivity contribution in [3.63, 3.8) is 0 Å². The summed E-state index contributed by atoms with van der Waals surface area (Å²) in [6.07, 6.45) is 0. The van der Waals surface area contributed by atoms with E-state index in [4.69, 9.17) is 9.47 Å². The van der Waals surface area contributed by atoms with E-state index < -0.39 is 10.0 Å². The number of hydrogen-bond donors (Lipinski definition) is 1. The quantitative estimate of drug-likeness (QED) is 0.785. The van der Waals surface area contributed by atoms with E-state index in [1.165, 1.54) is 11.3 Å². The number of hydrogen-bond acceptors (Lipinski definition) is 6. The van der Waals surface area contributed by atoms with E-state index in [9.17, 15) is 8.42 Å². The normalized spacial score (nSPS) is 11.4. The second-order valence-corrected chi connectivity index (χ2v) is 8.12. The largest absolute Gasteiger partial charge is 0.497 e. The van der Waals surface area contributed by atoms with Crippen LogP contribution in [-0.2, 0) is 16.6 Å². The minimum Gasteiger partial charge on any atom is -0.497 e. The Morgan fingerprint density at radius 2 is 1.83 bits per heavy atom. The van der Waals surface area contributed by atoms with Gasteiger partial charge in [-0.15, -0.1) is 11.3 Å².